The molecule has 1 saturated carbocycles. The molecule has 0 amide bonds. The van der Waals surface area contributed by atoms with E-state index in [1.807, 2.05) is 35.8 Å². The van der Waals surface area contributed by atoms with E-state index in [1.165, 1.54) is 6.42 Å². The minimum Gasteiger partial charge on any atom is -0.378 e. The number of guanidine groups is 1. The molecule has 28 heavy (non-hydrogen) atoms. The van der Waals surface area contributed by atoms with E-state index in [0.29, 0.717) is 12.1 Å². The second-order valence-electron chi connectivity index (χ2n) is 7.76. The first-order valence-electron chi connectivity index (χ1n) is 9.93. The number of aromatic nitrogens is 3. The fourth-order valence-corrected chi connectivity index (χ4v) is 3.50. The summed E-state index contributed by atoms with van der Waals surface area (Å²) < 4.78 is 8.05. The van der Waals surface area contributed by atoms with Gasteiger partial charge in [-0.3, -0.25) is 9.39 Å². The van der Waals surface area contributed by atoms with Crippen LogP contribution in [0.3, 0.4) is 0 Å². The quantitative estimate of drug-likeness (QED) is 0.252. The van der Waals surface area contributed by atoms with Crippen molar-refractivity contribution in [2.24, 2.45) is 10.4 Å². The van der Waals surface area contributed by atoms with Gasteiger partial charge in [0.1, 0.15) is 5.82 Å². The van der Waals surface area contributed by atoms with Crippen LogP contribution in [0.2, 0.25) is 0 Å². The fourth-order valence-electron chi connectivity index (χ4n) is 3.50. The molecule has 1 aliphatic carbocycles. The van der Waals surface area contributed by atoms with Gasteiger partial charge < -0.3 is 15.4 Å². The van der Waals surface area contributed by atoms with Gasteiger partial charge in [0.25, 0.3) is 0 Å². The summed E-state index contributed by atoms with van der Waals surface area (Å²) in [6, 6.07) is 6.29. The smallest absolute Gasteiger partial charge is 0.191 e. The molecule has 8 heteroatoms. The van der Waals surface area contributed by atoms with Gasteiger partial charge in [-0.1, -0.05) is 33.3 Å². The van der Waals surface area contributed by atoms with E-state index >= 15 is 0 Å². The standard InChI is InChI=1S/C20H32N6O.HI/c1-5-6-13-27-16-14-15(20(16,2)3)23-19(21-4)22-11-10-18-25-24-17-9-7-8-12-26(17)18;/h7-9,12,15-16H,5-6,10-11,13-14H2,1-4H3,(H2,21,22,23);1H. The Morgan fingerprint density at radius 3 is 2.89 bits per heavy atom. The Bertz CT molecular complexity index is 775. The Balaban J connectivity index is 0.00000280. The third kappa shape index (κ3) is 5.14. The molecule has 156 valence electrons. The second kappa shape index (κ2) is 10.4. The predicted octanol–water partition coefficient (Wildman–Crippen LogP) is 3.04. The minimum atomic E-state index is 0. The summed E-state index contributed by atoms with van der Waals surface area (Å²) in [7, 11) is 1.81. The SMILES string of the molecule is CCCCOC1CC(NC(=NC)NCCc2nnc3ccccn23)C1(C)C.I. The van der Waals surface area contributed by atoms with Crippen LogP contribution in [0.25, 0.3) is 5.65 Å². The molecule has 2 aromatic rings. The Hall–Kier alpha value is -1.42. The summed E-state index contributed by atoms with van der Waals surface area (Å²) in [6.07, 6.45) is 6.42. The summed E-state index contributed by atoms with van der Waals surface area (Å²) in [5, 5.41) is 15.4. The van der Waals surface area contributed by atoms with E-state index in [9.17, 15) is 0 Å². The maximum Gasteiger partial charge on any atom is 0.191 e. The number of halogens is 1. The van der Waals surface area contributed by atoms with Crippen LogP contribution in [0.1, 0.15) is 45.9 Å². The summed E-state index contributed by atoms with van der Waals surface area (Å²) in [5.41, 5.74) is 0.981. The molecule has 0 spiro atoms. The first-order valence-corrected chi connectivity index (χ1v) is 9.93. The minimum absolute atomic E-state index is 0. The third-order valence-electron chi connectivity index (χ3n) is 5.55. The van der Waals surface area contributed by atoms with E-state index < -0.39 is 0 Å². The average Bonchev–Trinajstić information content (AvgIpc) is 3.08. The Kier molecular flexibility index (Phi) is 8.48. The normalized spacial score (nSPS) is 21.1. The molecule has 0 aliphatic heterocycles. The maximum atomic E-state index is 6.03. The van der Waals surface area contributed by atoms with Crippen molar-refractivity contribution in [3.63, 3.8) is 0 Å². The zero-order valence-corrected chi connectivity index (χ0v) is 19.6. The molecule has 2 aromatic heterocycles. The van der Waals surface area contributed by atoms with Gasteiger partial charge in [0, 0.05) is 44.3 Å². The molecular weight excluding hydrogens is 467 g/mol. The van der Waals surface area contributed by atoms with Gasteiger partial charge in [-0.2, -0.15) is 0 Å². The number of hydrogen-bond donors (Lipinski definition) is 2. The molecule has 1 aliphatic rings. The average molecular weight is 500 g/mol. The van der Waals surface area contributed by atoms with Crippen molar-refractivity contribution in [3.05, 3.63) is 30.2 Å². The monoisotopic (exact) mass is 500 g/mol. The van der Waals surface area contributed by atoms with Gasteiger partial charge >= 0.3 is 0 Å². The zero-order valence-electron chi connectivity index (χ0n) is 17.3. The van der Waals surface area contributed by atoms with Gasteiger partial charge in [0.05, 0.1) is 6.10 Å². The molecule has 0 radical (unpaired) electrons. The Morgan fingerprint density at radius 2 is 2.18 bits per heavy atom. The lowest BCUT2D eigenvalue weighted by atomic mass is 9.64. The highest BCUT2D eigenvalue weighted by Crippen LogP contribution is 2.42. The Morgan fingerprint density at radius 1 is 1.36 bits per heavy atom. The van der Waals surface area contributed by atoms with E-state index in [4.69, 9.17) is 4.74 Å². The predicted molar refractivity (Wildman–Crippen MR) is 123 cm³/mol. The van der Waals surface area contributed by atoms with Crippen LogP contribution in [0.4, 0.5) is 0 Å². The molecule has 2 unspecified atom stereocenters. The number of nitrogens with zero attached hydrogens (tertiary/aromatic N) is 4. The summed E-state index contributed by atoms with van der Waals surface area (Å²) >= 11 is 0. The van der Waals surface area contributed by atoms with Crippen LogP contribution in [0.5, 0.6) is 0 Å². The lowest BCUT2D eigenvalue weighted by Crippen LogP contribution is -2.63. The first kappa shape index (κ1) is 22.9. The molecule has 2 N–H and O–H groups in total. The number of nitrogens with one attached hydrogen (secondary N) is 2. The van der Waals surface area contributed by atoms with Gasteiger partial charge in [0.15, 0.2) is 11.6 Å². The number of aliphatic imine (C=N–C) groups is 1. The van der Waals surface area contributed by atoms with E-state index in [2.05, 4.69) is 46.6 Å². The lowest BCUT2D eigenvalue weighted by molar-refractivity contribution is -0.113. The fraction of sp³-hybridized carbons (Fsp3) is 0.650. The van der Waals surface area contributed by atoms with Crippen molar-refractivity contribution in [1.29, 1.82) is 0 Å². The molecule has 0 saturated heterocycles. The maximum absolute atomic E-state index is 6.03. The van der Waals surface area contributed by atoms with Crippen LogP contribution in [0.15, 0.2) is 29.4 Å². The zero-order chi connectivity index (χ0) is 19.3. The molecule has 0 bridgehead atoms. The molecular formula is C20H33IN6O. The van der Waals surface area contributed by atoms with Crippen LogP contribution in [0, 0.1) is 5.41 Å². The number of rotatable bonds is 8. The van der Waals surface area contributed by atoms with Crippen LogP contribution >= 0.6 is 24.0 Å². The van der Waals surface area contributed by atoms with Crippen LogP contribution < -0.4 is 10.6 Å². The third-order valence-corrected chi connectivity index (χ3v) is 5.55. The van der Waals surface area contributed by atoms with Crippen LogP contribution in [-0.4, -0.2) is 52.9 Å². The van der Waals surface area contributed by atoms with E-state index in [0.717, 1.165) is 49.8 Å². The number of hydrogen-bond acceptors (Lipinski definition) is 4. The highest BCUT2D eigenvalue weighted by molar-refractivity contribution is 14.0. The van der Waals surface area contributed by atoms with Gasteiger partial charge in [0.2, 0.25) is 0 Å². The van der Waals surface area contributed by atoms with Crippen molar-refractivity contribution in [2.75, 3.05) is 20.2 Å². The molecule has 0 aromatic carbocycles. The largest absolute Gasteiger partial charge is 0.378 e. The van der Waals surface area contributed by atoms with E-state index in [-0.39, 0.29) is 29.4 Å². The summed E-state index contributed by atoms with van der Waals surface area (Å²) in [6.45, 7) is 8.33. The number of ether oxygens (including phenoxy) is 1. The summed E-state index contributed by atoms with van der Waals surface area (Å²) in [4.78, 5) is 4.37. The highest BCUT2D eigenvalue weighted by atomic mass is 127. The van der Waals surface area contributed by atoms with Crippen LogP contribution in [-0.2, 0) is 11.2 Å². The topological polar surface area (TPSA) is 75.8 Å². The summed E-state index contributed by atoms with van der Waals surface area (Å²) in [5.74, 6) is 1.77. The van der Waals surface area contributed by atoms with Crippen molar-refractivity contribution in [2.45, 2.75) is 58.6 Å². The van der Waals surface area contributed by atoms with Crippen molar-refractivity contribution < 1.29 is 4.74 Å². The van der Waals surface area contributed by atoms with Gasteiger partial charge in [-0.25, -0.2) is 0 Å². The molecule has 1 fully saturated rings. The number of pyridine rings is 1. The second-order valence-corrected chi connectivity index (χ2v) is 7.76. The molecule has 3 rings (SSSR count). The lowest BCUT2D eigenvalue weighted by Gasteiger charge is -2.52. The van der Waals surface area contributed by atoms with Gasteiger partial charge in [-0.05, 0) is 25.0 Å². The Labute approximate surface area is 184 Å². The molecule has 2 heterocycles. The van der Waals surface area contributed by atoms with Crippen molar-refractivity contribution in [1.82, 2.24) is 25.2 Å². The number of unbranched alkanes of at least 4 members (excludes halogenated alkanes) is 1. The number of fused-ring (bicyclic) bond motifs is 1. The van der Waals surface area contributed by atoms with Crippen molar-refractivity contribution in [3.8, 4) is 0 Å². The first-order chi connectivity index (χ1) is 13.1. The molecule has 2 atom stereocenters. The highest BCUT2D eigenvalue weighted by Gasteiger charge is 2.49. The van der Waals surface area contributed by atoms with Gasteiger partial charge in [-0.15, -0.1) is 34.2 Å². The van der Waals surface area contributed by atoms with Crippen molar-refractivity contribution >= 4 is 35.6 Å². The van der Waals surface area contributed by atoms with E-state index in [1.54, 1.807) is 0 Å². The molecule has 7 nitrogen and oxygen atoms in total.